The van der Waals surface area contributed by atoms with E-state index in [0.29, 0.717) is 30.3 Å². The summed E-state index contributed by atoms with van der Waals surface area (Å²) in [7, 11) is 0. The van der Waals surface area contributed by atoms with E-state index < -0.39 is 12.0 Å². The van der Waals surface area contributed by atoms with Gasteiger partial charge in [0, 0.05) is 24.4 Å². The van der Waals surface area contributed by atoms with E-state index in [1.54, 1.807) is 4.90 Å². The number of likely N-dealkylation sites (tertiary alicyclic amines) is 1. The van der Waals surface area contributed by atoms with E-state index in [0.717, 1.165) is 38.5 Å². The molecule has 1 aromatic carbocycles. The minimum atomic E-state index is -0.557. The normalized spacial score (nSPS) is 28.6. The van der Waals surface area contributed by atoms with Crippen molar-refractivity contribution < 1.29 is 14.7 Å². The smallest absolute Gasteiger partial charge is 0.241 e. The van der Waals surface area contributed by atoms with Crippen molar-refractivity contribution in [2.45, 2.75) is 63.5 Å². The third-order valence-corrected chi connectivity index (χ3v) is 7.54. The summed E-state index contributed by atoms with van der Waals surface area (Å²) in [5.41, 5.74) is 2.92. The van der Waals surface area contributed by atoms with Crippen LogP contribution in [0.3, 0.4) is 0 Å². The molecule has 2 fully saturated rings. The number of Topliss-reactive ketones (excluding diaryl/α,β-unsaturated/α-hetero) is 1. The molecule has 0 aromatic heterocycles. The second-order valence-corrected chi connectivity index (χ2v) is 9.57. The topological polar surface area (TPSA) is 69.6 Å². The average molecular weight is 429 g/mol. The van der Waals surface area contributed by atoms with Crippen molar-refractivity contribution in [3.63, 3.8) is 0 Å². The molecule has 162 valence electrons. The van der Waals surface area contributed by atoms with E-state index in [1.165, 1.54) is 17.5 Å². The van der Waals surface area contributed by atoms with E-state index in [4.69, 9.17) is 12.2 Å². The Labute approximate surface area is 184 Å². The van der Waals surface area contributed by atoms with Gasteiger partial charge >= 0.3 is 0 Å². The number of nitrogens with zero attached hydrogens (tertiary/aromatic N) is 1. The maximum atomic E-state index is 13.1. The Kier molecular flexibility index (Phi) is 6.96. The van der Waals surface area contributed by atoms with Crippen LogP contribution in [0.4, 0.5) is 0 Å². The van der Waals surface area contributed by atoms with Crippen LogP contribution >= 0.6 is 12.2 Å². The number of rotatable bonds is 7. The van der Waals surface area contributed by atoms with Crippen LogP contribution in [0.5, 0.6) is 0 Å². The summed E-state index contributed by atoms with van der Waals surface area (Å²) >= 11 is 5.46. The first-order chi connectivity index (χ1) is 14.6. The van der Waals surface area contributed by atoms with Gasteiger partial charge in [0.15, 0.2) is 0 Å². The van der Waals surface area contributed by atoms with Crippen molar-refractivity contribution in [2.24, 2.45) is 11.8 Å². The molecule has 1 aromatic rings. The fourth-order valence-corrected chi connectivity index (χ4v) is 5.80. The van der Waals surface area contributed by atoms with Gasteiger partial charge in [0.1, 0.15) is 11.8 Å². The maximum absolute atomic E-state index is 13.1. The summed E-state index contributed by atoms with van der Waals surface area (Å²) in [5, 5.41) is 12.7. The van der Waals surface area contributed by atoms with Crippen LogP contribution in [0.1, 0.15) is 49.7 Å². The summed E-state index contributed by atoms with van der Waals surface area (Å²) in [6.45, 7) is 1.07. The molecule has 5 nitrogen and oxygen atoms in total. The van der Waals surface area contributed by atoms with Crippen LogP contribution in [0.25, 0.3) is 0 Å². The molecule has 4 atom stereocenters. The molecule has 6 heteroatoms. The van der Waals surface area contributed by atoms with Crippen molar-refractivity contribution in [2.75, 3.05) is 19.7 Å². The van der Waals surface area contributed by atoms with E-state index in [9.17, 15) is 14.7 Å². The maximum Gasteiger partial charge on any atom is 0.241 e. The van der Waals surface area contributed by atoms with Gasteiger partial charge < -0.3 is 15.3 Å². The molecule has 2 aliphatic heterocycles. The first-order valence-electron chi connectivity index (χ1n) is 11.4. The van der Waals surface area contributed by atoms with Gasteiger partial charge in [0.05, 0.1) is 18.6 Å². The summed E-state index contributed by atoms with van der Waals surface area (Å²) in [4.78, 5) is 28.5. The van der Waals surface area contributed by atoms with Crippen LogP contribution in [-0.2, 0) is 22.4 Å². The molecule has 0 saturated carbocycles. The van der Waals surface area contributed by atoms with Gasteiger partial charge in [0.25, 0.3) is 0 Å². The number of aliphatic hydroxyl groups excluding tert-OH is 1. The Balaban J connectivity index is 1.31. The largest absolute Gasteiger partial charge is 0.394 e. The van der Waals surface area contributed by atoms with Crippen molar-refractivity contribution in [3.8, 4) is 0 Å². The number of aliphatic hydroxyl groups is 1. The van der Waals surface area contributed by atoms with E-state index in [1.807, 2.05) is 0 Å². The quantitative estimate of drug-likeness (QED) is 0.653. The number of fused-ring (bicyclic) bond motifs is 1. The van der Waals surface area contributed by atoms with Gasteiger partial charge in [-0.3, -0.25) is 9.59 Å². The average Bonchev–Trinajstić information content (AvgIpc) is 3.39. The molecule has 0 bridgehead atoms. The van der Waals surface area contributed by atoms with Crippen LogP contribution in [0, 0.1) is 11.8 Å². The number of hydrogen-bond acceptors (Lipinski definition) is 5. The predicted octanol–water partition coefficient (Wildman–Crippen LogP) is 2.47. The number of ketones is 1. The predicted molar refractivity (Wildman–Crippen MR) is 121 cm³/mol. The zero-order valence-electron chi connectivity index (χ0n) is 17.5. The minimum absolute atomic E-state index is 0.0218. The zero-order valence-corrected chi connectivity index (χ0v) is 18.3. The lowest BCUT2D eigenvalue weighted by molar-refractivity contribution is -0.137. The van der Waals surface area contributed by atoms with Gasteiger partial charge in [-0.2, -0.15) is 0 Å². The van der Waals surface area contributed by atoms with E-state index in [-0.39, 0.29) is 24.3 Å². The zero-order chi connectivity index (χ0) is 21.1. The number of aryl methyl sites for hydroxylation is 1. The van der Waals surface area contributed by atoms with Crippen LogP contribution in [0.15, 0.2) is 24.3 Å². The molecule has 2 heterocycles. The summed E-state index contributed by atoms with van der Waals surface area (Å²) in [6, 6.07) is 7.99. The van der Waals surface area contributed by atoms with E-state index >= 15 is 0 Å². The number of benzene rings is 1. The van der Waals surface area contributed by atoms with Gasteiger partial charge in [0.2, 0.25) is 5.91 Å². The SMILES string of the molecule is O=C(CCC[C@@H]1CCc2ccccc2C1)C1C(=S)CN[C@@H]1C(=O)N1CCC[C@H]1CO. The van der Waals surface area contributed by atoms with Crippen molar-refractivity contribution in [1.82, 2.24) is 10.2 Å². The second-order valence-electron chi connectivity index (χ2n) is 9.05. The molecule has 3 aliphatic rings. The molecule has 4 rings (SSSR count). The third-order valence-electron chi connectivity index (χ3n) is 7.14. The lowest BCUT2D eigenvalue weighted by Crippen LogP contribution is -2.50. The summed E-state index contributed by atoms with van der Waals surface area (Å²) in [6.07, 6.45) is 7.53. The Morgan fingerprint density at radius 3 is 2.80 bits per heavy atom. The highest BCUT2D eigenvalue weighted by atomic mass is 32.1. The molecular weight excluding hydrogens is 396 g/mol. The molecule has 1 aliphatic carbocycles. The highest BCUT2D eigenvalue weighted by Crippen LogP contribution is 2.30. The van der Waals surface area contributed by atoms with Gasteiger partial charge in [-0.1, -0.05) is 36.5 Å². The first-order valence-corrected chi connectivity index (χ1v) is 11.8. The Morgan fingerprint density at radius 2 is 2.00 bits per heavy atom. The molecule has 2 saturated heterocycles. The molecule has 2 N–H and O–H groups in total. The highest BCUT2D eigenvalue weighted by molar-refractivity contribution is 7.80. The Morgan fingerprint density at radius 1 is 1.20 bits per heavy atom. The molecular formula is C24H32N2O3S. The Hall–Kier alpha value is -1.63. The monoisotopic (exact) mass is 428 g/mol. The summed E-state index contributed by atoms with van der Waals surface area (Å²) < 4.78 is 0. The van der Waals surface area contributed by atoms with Gasteiger partial charge in [-0.25, -0.2) is 0 Å². The standard InChI is InChI=1S/C24H32N2O3S/c27-15-19-8-4-12-26(19)24(29)23-22(21(30)14-25-23)20(28)9-3-5-16-10-11-17-6-1-2-7-18(17)13-16/h1-2,6-7,16,19,22-23,25,27H,3-5,8-15H2/t16-,19+,22?,23+/m1/s1. The van der Waals surface area contributed by atoms with Crippen molar-refractivity contribution >= 4 is 28.8 Å². The minimum Gasteiger partial charge on any atom is -0.394 e. The number of thiocarbonyl (C=S) groups is 1. The molecule has 1 unspecified atom stereocenters. The van der Waals surface area contributed by atoms with Gasteiger partial charge in [-0.05, 0) is 62.0 Å². The van der Waals surface area contributed by atoms with E-state index in [2.05, 4.69) is 29.6 Å². The van der Waals surface area contributed by atoms with Gasteiger partial charge in [-0.15, -0.1) is 0 Å². The first kappa shape index (κ1) is 21.6. The number of nitrogens with one attached hydrogen (secondary N) is 1. The fraction of sp³-hybridized carbons (Fsp3) is 0.625. The fourth-order valence-electron chi connectivity index (χ4n) is 5.45. The van der Waals surface area contributed by atoms with Crippen LogP contribution in [0.2, 0.25) is 0 Å². The van der Waals surface area contributed by atoms with Crippen molar-refractivity contribution in [3.05, 3.63) is 35.4 Å². The molecule has 30 heavy (non-hydrogen) atoms. The summed E-state index contributed by atoms with van der Waals surface area (Å²) in [5.74, 6) is 0.154. The molecule has 0 spiro atoms. The number of carbonyl (C=O) groups is 2. The van der Waals surface area contributed by atoms with Crippen molar-refractivity contribution in [1.29, 1.82) is 0 Å². The van der Waals surface area contributed by atoms with Crippen LogP contribution < -0.4 is 5.32 Å². The third kappa shape index (κ3) is 4.51. The highest BCUT2D eigenvalue weighted by Gasteiger charge is 2.44. The lowest BCUT2D eigenvalue weighted by Gasteiger charge is -2.28. The molecule has 0 radical (unpaired) electrons. The number of carbonyl (C=O) groups excluding carboxylic acids is 2. The second kappa shape index (κ2) is 9.67. The Bertz CT molecular complexity index is 811. The lowest BCUT2D eigenvalue weighted by atomic mass is 9.81. The number of amides is 1. The number of hydrogen-bond donors (Lipinski definition) is 2. The molecule has 1 amide bonds. The van der Waals surface area contributed by atoms with Crippen LogP contribution in [-0.4, -0.2) is 58.3 Å².